The Morgan fingerprint density at radius 1 is 1.23 bits per heavy atom. The molecule has 1 aliphatic heterocycles. The molecular weight excluding hydrogens is 464 g/mol. The number of thiazole rings is 1. The van der Waals surface area contributed by atoms with Gasteiger partial charge >= 0.3 is 5.69 Å². The molecule has 0 aliphatic carbocycles. The number of para-hydroxylation sites is 1. The summed E-state index contributed by atoms with van der Waals surface area (Å²) in [4.78, 5) is 49.7. The molecule has 1 aliphatic rings. The Balaban J connectivity index is 1.62. The van der Waals surface area contributed by atoms with Crippen molar-refractivity contribution in [1.29, 1.82) is 0 Å². The number of nitrogens with one attached hydrogen (secondary N) is 1. The van der Waals surface area contributed by atoms with E-state index in [1.807, 2.05) is 32.0 Å². The van der Waals surface area contributed by atoms with Crippen LogP contribution in [0.5, 0.6) is 0 Å². The van der Waals surface area contributed by atoms with Crippen LogP contribution in [-0.4, -0.2) is 45.0 Å². The van der Waals surface area contributed by atoms with E-state index in [0.717, 1.165) is 60.3 Å². The summed E-state index contributed by atoms with van der Waals surface area (Å²) in [5.41, 5.74) is 6.23. The minimum atomic E-state index is -0.617. The summed E-state index contributed by atoms with van der Waals surface area (Å²) in [5, 5.41) is 1.02. The van der Waals surface area contributed by atoms with E-state index in [9.17, 15) is 14.4 Å². The predicted molar refractivity (Wildman–Crippen MR) is 141 cm³/mol. The van der Waals surface area contributed by atoms with Crippen molar-refractivity contribution in [2.75, 3.05) is 30.3 Å². The summed E-state index contributed by atoms with van der Waals surface area (Å²) < 4.78 is 2.51. The quantitative estimate of drug-likeness (QED) is 0.442. The second kappa shape index (κ2) is 11.2. The number of anilines is 2. The molecule has 3 heterocycles. The lowest BCUT2D eigenvalue weighted by Crippen LogP contribution is -2.45. The van der Waals surface area contributed by atoms with Crippen LogP contribution in [0.1, 0.15) is 63.4 Å². The molecule has 1 aromatic carbocycles. The second-order valence-electron chi connectivity index (χ2n) is 9.05. The van der Waals surface area contributed by atoms with Gasteiger partial charge in [-0.3, -0.25) is 24.0 Å². The molecule has 9 nitrogen and oxygen atoms in total. The predicted octanol–water partition coefficient (Wildman–Crippen LogP) is 3.50. The van der Waals surface area contributed by atoms with Crippen LogP contribution in [-0.2, 0) is 11.3 Å². The van der Waals surface area contributed by atoms with Gasteiger partial charge in [-0.25, -0.2) is 9.78 Å². The fourth-order valence-corrected chi connectivity index (χ4v) is 5.78. The Kier molecular flexibility index (Phi) is 8.02. The van der Waals surface area contributed by atoms with Crippen LogP contribution in [0.15, 0.2) is 33.9 Å². The van der Waals surface area contributed by atoms with Gasteiger partial charge < -0.3 is 10.6 Å². The van der Waals surface area contributed by atoms with Crippen molar-refractivity contribution in [3.05, 3.63) is 50.1 Å². The summed E-state index contributed by atoms with van der Waals surface area (Å²) in [7, 11) is 0. The lowest BCUT2D eigenvalue weighted by molar-refractivity contribution is -0.120. The van der Waals surface area contributed by atoms with Gasteiger partial charge in [0.05, 0.1) is 22.8 Å². The monoisotopic (exact) mass is 498 g/mol. The van der Waals surface area contributed by atoms with Crippen LogP contribution in [0.3, 0.4) is 0 Å². The molecule has 0 spiro atoms. The van der Waals surface area contributed by atoms with Crippen molar-refractivity contribution >= 4 is 39.0 Å². The largest absolute Gasteiger partial charge is 0.383 e. The number of likely N-dealkylation sites (tertiary alicyclic amines) is 1. The number of hydrogen-bond donors (Lipinski definition) is 2. The Hall–Kier alpha value is -2.98. The number of carbonyl (C=O) groups excluding carboxylic acids is 1. The number of unbranched alkanes of at least 4 members (excludes halogenated alkanes) is 2. The molecule has 0 saturated carbocycles. The van der Waals surface area contributed by atoms with Crippen molar-refractivity contribution in [2.24, 2.45) is 0 Å². The first-order valence-electron chi connectivity index (χ1n) is 12.5. The SMILES string of the molecule is CCCCN(C(=O)CN1CCC[C@H]1c1nc2ccccc2s1)c1c(N)n(CCCC)c(=O)[nH]c1=O. The molecular formula is C25H34N6O3S. The number of amides is 1. The molecule has 2 aromatic heterocycles. The van der Waals surface area contributed by atoms with Crippen molar-refractivity contribution in [1.82, 2.24) is 19.4 Å². The molecule has 10 heteroatoms. The van der Waals surface area contributed by atoms with E-state index < -0.39 is 11.2 Å². The molecule has 1 atom stereocenters. The maximum Gasteiger partial charge on any atom is 0.330 e. The zero-order valence-electron chi connectivity index (χ0n) is 20.5. The first-order valence-corrected chi connectivity index (χ1v) is 13.3. The van der Waals surface area contributed by atoms with E-state index in [1.54, 1.807) is 11.3 Å². The third-order valence-corrected chi connectivity index (χ3v) is 7.69. The van der Waals surface area contributed by atoms with Crippen molar-refractivity contribution in [2.45, 2.75) is 65.0 Å². The molecule has 0 unspecified atom stereocenters. The van der Waals surface area contributed by atoms with E-state index in [2.05, 4.69) is 16.0 Å². The van der Waals surface area contributed by atoms with Gasteiger partial charge in [-0.2, -0.15) is 0 Å². The van der Waals surface area contributed by atoms with Crippen LogP contribution in [0.4, 0.5) is 11.5 Å². The van der Waals surface area contributed by atoms with Gasteiger partial charge in [0.2, 0.25) is 5.91 Å². The smallest absolute Gasteiger partial charge is 0.330 e. The normalized spacial score (nSPS) is 16.2. The number of nitrogen functional groups attached to an aromatic ring is 1. The average Bonchev–Trinajstić information content (AvgIpc) is 3.47. The highest BCUT2D eigenvalue weighted by Crippen LogP contribution is 2.36. The third kappa shape index (κ3) is 5.33. The Morgan fingerprint density at radius 3 is 2.74 bits per heavy atom. The highest BCUT2D eigenvalue weighted by atomic mass is 32.1. The highest BCUT2D eigenvalue weighted by molar-refractivity contribution is 7.18. The molecule has 1 amide bonds. The Labute approximate surface area is 208 Å². The van der Waals surface area contributed by atoms with Crippen LogP contribution in [0.25, 0.3) is 10.2 Å². The topological polar surface area (TPSA) is 117 Å². The number of nitrogens with two attached hydrogens (primary N) is 1. The molecule has 188 valence electrons. The van der Waals surface area contributed by atoms with E-state index in [-0.39, 0.29) is 30.0 Å². The van der Waals surface area contributed by atoms with E-state index in [0.29, 0.717) is 13.1 Å². The zero-order valence-corrected chi connectivity index (χ0v) is 21.3. The molecule has 1 saturated heterocycles. The average molecular weight is 499 g/mol. The zero-order chi connectivity index (χ0) is 24.9. The molecule has 3 N–H and O–H groups in total. The number of carbonyl (C=O) groups is 1. The van der Waals surface area contributed by atoms with Crippen LogP contribution >= 0.6 is 11.3 Å². The summed E-state index contributed by atoms with van der Waals surface area (Å²) >= 11 is 1.67. The Bertz CT molecular complexity index is 1260. The van der Waals surface area contributed by atoms with Gasteiger partial charge in [0.1, 0.15) is 10.8 Å². The van der Waals surface area contributed by atoms with E-state index in [1.165, 1.54) is 9.47 Å². The highest BCUT2D eigenvalue weighted by Gasteiger charge is 2.32. The summed E-state index contributed by atoms with van der Waals surface area (Å²) in [5.74, 6) is -0.134. The van der Waals surface area contributed by atoms with Crippen LogP contribution < -0.4 is 21.9 Å². The van der Waals surface area contributed by atoms with Crippen LogP contribution in [0, 0.1) is 0 Å². The molecule has 0 radical (unpaired) electrons. The number of benzene rings is 1. The van der Waals surface area contributed by atoms with Crippen molar-refractivity contribution < 1.29 is 4.79 Å². The van der Waals surface area contributed by atoms with Gasteiger partial charge in [0.25, 0.3) is 5.56 Å². The molecule has 4 rings (SSSR count). The maximum absolute atomic E-state index is 13.6. The second-order valence-corrected chi connectivity index (χ2v) is 10.1. The van der Waals surface area contributed by atoms with Gasteiger partial charge in [-0.15, -0.1) is 11.3 Å². The fraction of sp³-hybridized carbons (Fsp3) is 0.520. The lowest BCUT2D eigenvalue weighted by atomic mass is 10.2. The summed E-state index contributed by atoms with van der Waals surface area (Å²) in [6.07, 6.45) is 5.12. The van der Waals surface area contributed by atoms with Gasteiger partial charge in [0.15, 0.2) is 5.69 Å². The van der Waals surface area contributed by atoms with Crippen molar-refractivity contribution in [3.8, 4) is 0 Å². The fourth-order valence-electron chi connectivity index (χ4n) is 4.64. The third-order valence-electron chi connectivity index (χ3n) is 6.55. The number of aromatic nitrogens is 3. The summed E-state index contributed by atoms with van der Waals surface area (Å²) in [6, 6.07) is 8.13. The number of hydrogen-bond acceptors (Lipinski definition) is 7. The summed E-state index contributed by atoms with van der Waals surface area (Å²) in [6.45, 7) is 5.76. The number of nitrogens with zero attached hydrogens (tertiary/aromatic N) is 4. The minimum Gasteiger partial charge on any atom is -0.383 e. The molecule has 1 fully saturated rings. The number of H-pyrrole nitrogens is 1. The number of aromatic amines is 1. The molecule has 3 aromatic rings. The van der Waals surface area contributed by atoms with Crippen LogP contribution in [0.2, 0.25) is 0 Å². The minimum absolute atomic E-state index is 0.0563. The first-order chi connectivity index (χ1) is 16.9. The number of rotatable bonds is 10. The molecule has 0 bridgehead atoms. The van der Waals surface area contributed by atoms with E-state index >= 15 is 0 Å². The maximum atomic E-state index is 13.6. The lowest BCUT2D eigenvalue weighted by Gasteiger charge is -2.28. The van der Waals surface area contributed by atoms with Gasteiger partial charge in [-0.05, 0) is 44.4 Å². The first kappa shape index (κ1) is 25.1. The van der Waals surface area contributed by atoms with Gasteiger partial charge in [0, 0.05) is 13.1 Å². The Morgan fingerprint density at radius 2 is 2.00 bits per heavy atom. The van der Waals surface area contributed by atoms with E-state index in [4.69, 9.17) is 10.7 Å². The number of fused-ring (bicyclic) bond motifs is 1. The molecule has 35 heavy (non-hydrogen) atoms. The van der Waals surface area contributed by atoms with Gasteiger partial charge in [-0.1, -0.05) is 38.8 Å². The van der Waals surface area contributed by atoms with Crippen molar-refractivity contribution in [3.63, 3.8) is 0 Å². The standard InChI is InChI=1S/C25H34N6O3S/c1-3-5-14-30(21-22(26)31(15-6-4-2)25(34)28-23(21)33)20(32)16-29-13-9-11-18(29)24-27-17-10-7-8-12-19(17)35-24/h7-8,10,12,18H,3-6,9,11,13-16,26H2,1-2H3,(H,28,33,34)/t18-/m0/s1.